The Balaban J connectivity index is 1.59. The SMILES string of the molecule is Cc1nn(-c2ccccc2)c(C)c1NC(=O)NC(c1ccccc1)c1ccc(F)cc1. The zero-order valence-corrected chi connectivity index (χ0v) is 17.3. The lowest BCUT2D eigenvalue weighted by Crippen LogP contribution is -2.33. The number of halogens is 1. The molecule has 0 aliphatic rings. The fraction of sp³-hybridized carbons (Fsp3) is 0.120. The van der Waals surface area contributed by atoms with E-state index in [2.05, 4.69) is 15.7 Å². The monoisotopic (exact) mass is 414 g/mol. The first-order chi connectivity index (χ1) is 15.0. The van der Waals surface area contributed by atoms with Gasteiger partial charge in [0.2, 0.25) is 0 Å². The molecule has 1 heterocycles. The number of amides is 2. The van der Waals surface area contributed by atoms with Crippen molar-refractivity contribution in [1.82, 2.24) is 15.1 Å². The van der Waals surface area contributed by atoms with Gasteiger partial charge >= 0.3 is 6.03 Å². The van der Waals surface area contributed by atoms with Crippen LogP contribution in [0.4, 0.5) is 14.9 Å². The van der Waals surface area contributed by atoms with Gasteiger partial charge in [-0.1, -0.05) is 60.7 Å². The summed E-state index contributed by atoms with van der Waals surface area (Å²) in [5.41, 5.74) is 4.82. The second kappa shape index (κ2) is 8.83. The Kier molecular flexibility index (Phi) is 5.80. The van der Waals surface area contributed by atoms with Crippen LogP contribution in [0.15, 0.2) is 84.9 Å². The van der Waals surface area contributed by atoms with Crippen molar-refractivity contribution in [3.8, 4) is 5.69 Å². The molecule has 31 heavy (non-hydrogen) atoms. The summed E-state index contributed by atoms with van der Waals surface area (Å²) >= 11 is 0. The molecular formula is C25H23FN4O. The number of hydrogen-bond donors (Lipinski definition) is 2. The third-order valence-electron chi connectivity index (χ3n) is 5.14. The number of urea groups is 1. The minimum absolute atomic E-state index is 0.320. The molecule has 0 radical (unpaired) electrons. The zero-order valence-electron chi connectivity index (χ0n) is 17.3. The van der Waals surface area contributed by atoms with E-state index in [0.717, 1.165) is 28.2 Å². The van der Waals surface area contributed by atoms with Crippen LogP contribution < -0.4 is 10.6 Å². The highest BCUT2D eigenvalue weighted by Crippen LogP contribution is 2.25. The van der Waals surface area contributed by atoms with E-state index < -0.39 is 6.04 Å². The van der Waals surface area contributed by atoms with Crippen LogP contribution in [-0.4, -0.2) is 15.8 Å². The molecule has 1 aromatic heterocycles. The van der Waals surface area contributed by atoms with Crippen molar-refractivity contribution in [2.45, 2.75) is 19.9 Å². The van der Waals surface area contributed by atoms with E-state index in [9.17, 15) is 9.18 Å². The number of nitrogens with zero attached hydrogens (tertiary/aromatic N) is 2. The number of nitrogens with one attached hydrogen (secondary N) is 2. The molecule has 0 spiro atoms. The Morgan fingerprint density at radius 3 is 2.10 bits per heavy atom. The van der Waals surface area contributed by atoms with Crippen LogP contribution in [0.5, 0.6) is 0 Å². The van der Waals surface area contributed by atoms with Crippen LogP contribution >= 0.6 is 0 Å². The molecular weight excluding hydrogens is 391 g/mol. The van der Waals surface area contributed by atoms with E-state index >= 15 is 0 Å². The first-order valence-corrected chi connectivity index (χ1v) is 10.0. The third-order valence-corrected chi connectivity index (χ3v) is 5.14. The van der Waals surface area contributed by atoms with E-state index in [0.29, 0.717) is 5.69 Å². The molecule has 0 fully saturated rings. The van der Waals surface area contributed by atoms with Gasteiger partial charge in [-0.3, -0.25) is 0 Å². The number of para-hydroxylation sites is 1. The summed E-state index contributed by atoms with van der Waals surface area (Å²) in [4.78, 5) is 13.0. The van der Waals surface area contributed by atoms with Crippen LogP contribution in [0.1, 0.15) is 28.6 Å². The van der Waals surface area contributed by atoms with E-state index in [1.807, 2.05) is 74.5 Å². The number of hydrogen-bond acceptors (Lipinski definition) is 2. The van der Waals surface area contributed by atoms with Crippen molar-refractivity contribution in [1.29, 1.82) is 0 Å². The average Bonchev–Trinajstić information content (AvgIpc) is 3.07. The number of aromatic nitrogens is 2. The number of anilines is 1. The number of carbonyl (C=O) groups excluding carboxylic acids is 1. The normalized spacial score (nSPS) is 11.7. The van der Waals surface area contributed by atoms with Gasteiger partial charge in [0.1, 0.15) is 5.82 Å². The highest BCUT2D eigenvalue weighted by Gasteiger charge is 2.20. The lowest BCUT2D eigenvalue weighted by atomic mass is 9.99. The summed E-state index contributed by atoms with van der Waals surface area (Å²) in [6.07, 6.45) is 0. The van der Waals surface area contributed by atoms with Crippen LogP contribution in [-0.2, 0) is 0 Å². The molecule has 0 aliphatic heterocycles. The fourth-order valence-electron chi connectivity index (χ4n) is 3.58. The summed E-state index contributed by atoms with van der Waals surface area (Å²) in [5, 5.41) is 10.5. The molecule has 5 nitrogen and oxygen atoms in total. The van der Waals surface area contributed by atoms with Crippen molar-refractivity contribution < 1.29 is 9.18 Å². The van der Waals surface area contributed by atoms with Gasteiger partial charge in [0, 0.05) is 0 Å². The number of benzene rings is 3. The maximum Gasteiger partial charge on any atom is 0.320 e. The molecule has 0 saturated carbocycles. The second-order valence-corrected chi connectivity index (χ2v) is 7.29. The molecule has 6 heteroatoms. The molecule has 1 unspecified atom stereocenters. The van der Waals surface area contributed by atoms with Gasteiger partial charge in [-0.2, -0.15) is 5.10 Å². The minimum atomic E-state index is -0.424. The Labute approximate surface area is 180 Å². The first kappa shape index (κ1) is 20.3. The fourth-order valence-corrected chi connectivity index (χ4v) is 3.58. The summed E-state index contributed by atoms with van der Waals surface area (Å²) in [6.45, 7) is 3.77. The molecule has 3 aromatic carbocycles. The molecule has 2 N–H and O–H groups in total. The van der Waals surface area contributed by atoms with E-state index in [-0.39, 0.29) is 11.8 Å². The lowest BCUT2D eigenvalue weighted by molar-refractivity contribution is 0.250. The highest BCUT2D eigenvalue weighted by molar-refractivity contribution is 5.91. The Bertz CT molecular complexity index is 1170. The Morgan fingerprint density at radius 1 is 0.871 bits per heavy atom. The molecule has 4 aromatic rings. The molecule has 4 rings (SSSR count). The van der Waals surface area contributed by atoms with Crippen LogP contribution in [0.2, 0.25) is 0 Å². The smallest absolute Gasteiger partial charge is 0.320 e. The Hall–Kier alpha value is -3.93. The standard InChI is InChI=1S/C25H23FN4O/c1-17-23(18(2)30(29-17)22-11-7-4-8-12-22)27-25(31)28-24(19-9-5-3-6-10-19)20-13-15-21(26)16-14-20/h3-16,24H,1-2H3,(H2,27,28,31). The quantitative estimate of drug-likeness (QED) is 0.450. The summed E-state index contributed by atoms with van der Waals surface area (Å²) in [7, 11) is 0. The Morgan fingerprint density at radius 2 is 1.45 bits per heavy atom. The predicted octanol–water partition coefficient (Wildman–Crippen LogP) is 5.54. The van der Waals surface area contributed by atoms with Crippen molar-refractivity contribution in [3.05, 3.63) is 113 Å². The second-order valence-electron chi connectivity index (χ2n) is 7.29. The third kappa shape index (κ3) is 4.48. The lowest BCUT2D eigenvalue weighted by Gasteiger charge is -2.20. The van der Waals surface area contributed by atoms with Crippen molar-refractivity contribution in [3.63, 3.8) is 0 Å². The van der Waals surface area contributed by atoms with Gasteiger partial charge in [0.15, 0.2) is 0 Å². The van der Waals surface area contributed by atoms with Crippen LogP contribution in [0.3, 0.4) is 0 Å². The molecule has 2 amide bonds. The molecule has 0 saturated heterocycles. The van der Waals surface area contributed by atoms with Crippen molar-refractivity contribution >= 4 is 11.7 Å². The molecule has 1 atom stereocenters. The maximum absolute atomic E-state index is 13.4. The van der Waals surface area contributed by atoms with Crippen LogP contribution in [0, 0.1) is 19.7 Å². The number of carbonyl (C=O) groups is 1. The predicted molar refractivity (Wildman–Crippen MR) is 120 cm³/mol. The summed E-state index contributed by atoms with van der Waals surface area (Å²) in [6, 6.07) is 24.7. The van der Waals surface area contributed by atoms with Gasteiger partial charge in [-0.05, 0) is 49.2 Å². The van der Waals surface area contributed by atoms with Gasteiger partial charge in [0.05, 0.1) is 28.8 Å². The molecule has 156 valence electrons. The minimum Gasteiger partial charge on any atom is -0.327 e. The summed E-state index contributed by atoms with van der Waals surface area (Å²) in [5.74, 6) is -0.320. The van der Waals surface area contributed by atoms with E-state index in [1.54, 1.807) is 16.8 Å². The van der Waals surface area contributed by atoms with Crippen molar-refractivity contribution in [2.24, 2.45) is 0 Å². The highest BCUT2D eigenvalue weighted by atomic mass is 19.1. The largest absolute Gasteiger partial charge is 0.327 e. The zero-order chi connectivity index (χ0) is 21.8. The topological polar surface area (TPSA) is 59.0 Å². The van der Waals surface area contributed by atoms with Gasteiger partial charge in [-0.15, -0.1) is 0 Å². The van der Waals surface area contributed by atoms with Gasteiger partial charge in [-0.25, -0.2) is 13.9 Å². The molecule has 0 aliphatic carbocycles. The average molecular weight is 414 g/mol. The van der Waals surface area contributed by atoms with E-state index in [4.69, 9.17) is 0 Å². The first-order valence-electron chi connectivity index (χ1n) is 10.0. The van der Waals surface area contributed by atoms with Gasteiger partial charge < -0.3 is 10.6 Å². The van der Waals surface area contributed by atoms with Crippen molar-refractivity contribution in [2.75, 3.05) is 5.32 Å². The maximum atomic E-state index is 13.4. The number of rotatable bonds is 5. The van der Waals surface area contributed by atoms with Crippen LogP contribution in [0.25, 0.3) is 5.69 Å². The molecule has 0 bridgehead atoms. The van der Waals surface area contributed by atoms with E-state index in [1.165, 1.54) is 12.1 Å². The van der Waals surface area contributed by atoms with Gasteiger partial charge in [0.25, 0.3) is 0 Å². The number of aryl methyl sites for hydroxylation is 1. The summed E-state index contributed by atoms with van der Waals surface area (Å²) < 4.78 is 15.2.